The van der Waals surface area contributed by atoms with Crippen molar-refractivity contribution >= 4 is 28.5 Å². The van der Waals surface area contributed by atoms with Crippen LogP contribution in [0.5, 0.6) is 0 Å². The maximum atomic E-state index is 3.11. The Morgan fingerprint density at radius 2 is 1.78 bits per heavy atom. The average molecular weight is 482 g/mol. The standard InChI is InChI=1S/C9H11.C7H6.C7H9.CH3.2ClH.Zr/c1-2-5-9-7-3-6-8(9)4-1;1-7-5-3-2-4-6-7;1-2-7-5-3-4-6-7;;;;/h3,6-7H,1-2,4-5H2;1-6H;5-6H,2-3H2,1H3;1H3;2*1H;/q-1;;2*-1;;;. The van der Waals surface area contributed by atoms with Gasteiger partial charge in [0.25, 0.3) is 0 Å². The van der Waals surface area contributed by atoms with E-state index in [1.807, 2.05) is 6.07 Å². The zero-order chi connectivity index (χ0) is 17.0. The number of rotatable bonds is 2. The molecule has 0 N–H and O–H groups in total. The van der Waals surface area contributed by atoms with Gasteiger partial charge in [-0.1, -0.05) is 39.0 Å². The molecule has 0 aromatic heterocycles. The molecule has 148 valence electrons. The van der Waals surface area contributed by atoms with Gasteiger partial charge in [-0.05, 0) is 0 Å². The topological polar surface area (TPSA) is 0 Å². The Kier molecular flexibility index (Phi) is 18.5. The third-order valence-corrected chi connectivity index (χ3v) is 5.11. The normalized spacial score (nSPS) is 12.8. The zero-order valence-electron chi connectivity index (χ0n) is 16.4. The quantitative estimate of drug-likeness (QED) is 0.403. The summed E-state index contributed by atoms with van der Waals surface area (Å²) in [5.41, 5.74) is 5.95. The van der Waals surface area contributed by atoms with E-state index >= 15 is 0 Å². The molecule has 3 heteroatoms. The number of halogens is 2. The molecule has 4 rings (SSSR count). The van der Waals surface area contributed by atoms with Gasteiger partial charge >= 0.3 is 63.8 Å². The Morgan fingerprint density at radius 1 is 1.07 bits per heavy atom. The second-order valence-corrected chi connectivity index (χ2v) is 6.73. The van der Waals surface area contributed by atoms with Gasteiger partial charge in [-0.25, -0.2) is 17.7 Å². The first-order valence-electron chi connectivity index (χ1n) is 8.88. The Balaban J connectivity index is 0. The SMILES string of the molecule is CCC1=CC[C-]=C1.Cl.Cl.[CH3-].[Zr]=[CH]c1ccccc1.c1cc2c([cH-]1)CCCC2. The molecule has 0 radical (unpaired) electrons. The number of allylic oxidation sites excluding steroid dienone is 4. The molecule has 2 aromatic rings. The van der Waals surface area contributed by atoms with Crippen LogP contribution in [0, 0.1) is 13.5 Å². The Morgan fingerprint density at radius 3 is 2.26 bits per heavy atom. The Hall–Kier alpha value is -0.617. The predicted molar refractivity (Wildman–Crippen MR) is 122 cm³/mol. The molecule has 0 nitrogen and oxygen atoms in total. The van der Waals surface area contributed by atoms with Crippen LogP contribution in [0.1, 0.15) is 49.3 Å². The van der Waals surface area contributed by atoms with Crippen molar-refractivity contribution in [3.63, 3.8) is 0 Å². The third kappa shape index (κ3) is 11.1. The van der Waals surface area contributed by atoms with E-state index in [0.29, 0.717) is 0 Å². The Labute approximate surface area is 193 Å². The molecule has 0 saturated heterocycles. The summed E-state index contributed by atoms with van der Waals surface area (Å²) >= 11 is 1.46. The van der Waals surface area contributed by atoms with Crippen molar-refractivity contribution in [2.24, 2.45) is 0 Å². The molecule has 0 atom stereocenters. The summed E-state index contributed by atoms with van der Waals surface area (Å²) in [5.74, 6) is 0. The maximum absolute atomic E-state index is 3.11. The summed E-state index contributed by atoms with van der Waals surface area (Å²) in [6.07, 6.45) is 15.0. The maximum Gasteiger partial charge on any atom is -0.0512 e. The van der Waals surface area contributed by atoms with Gasteiger partial charge in [-0.2, -0.15) is 29.3 Å². The van der Waals surface area contributed by atoms with Crippen LogP contribution in [-0.4, -0.2) is 3.71 Å². The molecule has 27 heavy (non-hydrogen) atoms. The minimum absolute atomic E-state index is 0. The molecule has 0 spiro atoms. The Bertz CT molecular complexity index is 648. The molecule has 0 unspecified atom stereocenters. The first-order chi connectivity index (χ1) is 11.8. The van der Waals surface area contributed by atoms with Crippen molar-refractivity contribution in [2.75, 3.05) is 0 Å². The fraction of sp³-hybridized carbons (Fsp3) is 0.292. The summed E-state index contributed by atoms with van der Waals surface area (Å²) < 4.78 is 2.17. The second-order valence-electron chi connectivity index (χ2n) is 6.02. The number of benzene rings is 1. The molecule has 2 aliphatic rings. The van der Waals surface area contributed by atoms with E-state index in [0.717, 1.165) is 12.8 Å². The number of aryl methyl sites for hydroxylation is 2. The van der Waals surface area contributed by atoms with Crippen LogP contribution in [-0.2, 0) is 37.1 Å². The smallest absolute Gasteiger partial charge is 0.0512 e. The van der Waals surface area contributed by atoms with Crippen LogP contribution in [0.3, 0.4) is 0 Å². The van der Waals surface area contributed by atoms with Crippen LogP contribution in [0.4, 0.5) is 0 Å². The van der Waals surface area contributed by atoms with Gasteiger partial charge in [0.05, 0.1) is 0 Å². The average Bonchev–Trinajstić information content (AvgIpc) is 3.35. The molecule has 0 fully saturated rings. The molecule has 0 heterocycles. The van der Waals surface area contributed by atoms with E-state index in [1.54, 1.807) is 11.1 Å². The largest absolute Gasteiger partial charge is 0.210 e. The summed E-state index contributed by atoms with van der Waals surface area (Å²) in [7, 11) is 0. The number of hydrogen-bond donors (Lipinski definition) is 0. The minimum atomic E-state index is 0. The van der Waals surface area contributed by atoms with Crippen LogP contribution < -0.4 is 0 Å². The van der Waals surface area contributed by atoms with Crippen LogP contribution in [0.2, 0.25) is 0 Å². The molecule has 0 aliphatic heterocycles. The molecule has 2 aromatic carbocycles. The van der Waals surface area contributed by atoms with Crippen molar-refractivity contribution in [2.45, 2.75) is 45.4 Å². The van der Waals surface area contributed by atoms with Crippen molar-refractivity contribution < 1.29 is 24.2 Å². The van der Waals surface area contributed by atoms with Crippen molar-refractivity contribution in [1.82, 2.24) is 0 Å². The zero-order valence-corrected chi connectivity index (χ0v) is 20.5. The summed E-state index contributed by atoms with van der Waals surface area (Å²) in [6.45, 7) is 2.16. The van der Waals surface area contributed by atoms with Crippen molar-refractivity contribution in [3.05, 3.63) is 96.4 Å². The van der Waals surface area contributed by atoms with E-state index in [9.17, 15) is 0 Å². The molecule has 0 amide bonds. The molecular weight excluding hydrogens is 450 g/mol. The van der Waals surface area contributed by atoms with Crippen LogP contribution in [0.25, 0.3) is 0 Å². The van der Waals surface area contributed by atoms with Gasteiger partial charge in [0.1, 0.15) is 0 Å². The first kappa shape index (κ1) is 28.6. The van der Waals surface area contributed by atoms with E-state index in [-0.39, 0.29) is 32.2 Å². The van der Waals surface area contributed by atoms with E-state index < -0.39 is 0 Å². The molecule has 2 aliphatic carbocycles. The molecule has 0 saturated carbocycles. The van der Waals surface area contributed by atoms with Gasteiger partial charge in [-0.15, -0.1) is 31.2 Å². The second kappa shape index (κ2) is 17.5. The van der Waals surface area contributed by atoms with E-state index in [4.69, 9.17) is 0 Å². The van der Waals surface area contributed by atoms with Gasteiger partial charge in [0.2, 0.25) is 0 Å². The number of hydrogen-bond acceptors (Lipinski definition) is 0. The summed E-state index contributed by atoms with van der Waals surface area (Å²) in [5, 5.41) is 0. The molecular formula is C24H31Cl2Zr-3. The minimum Gasteiger partial charge on any atom is -0.210 e. The van der Waals surface area contributed by atoms with Crippen LogP contribution in [0.15, 0.2) is 66.3 Å². The van der Waals surface area contributed by atoms with Crippen molar-refractivity contribution in [1.29, 1.82) is 0 Å². The van der Waals surface area contributed by atoms with Gasteiger partial charge in [0.15, 0.2) is 0 Å². The van der Waals surface area contributed by atoms with Gasteiger partial charge in [-0.3, -0.25) is 6.08 Å². The van der Waals surface area contributed by atoms with E-state index in [2.05, 4.69) is 71.3 Å². The summed E-state index contributed by atoms with van der Waals surface area (Å²) in [6, 6.07) is 17.0. The monoisotopic (exact) mass is 479 g/mol. The van der Waals surface area contributed by atoms with Gasteiger partial charge < -0.3 is 7.43 Å². The van der Waals surface area contributed by atoms with Crippen molar-refractivity contribution in [3.8, 4) is 0 Å². The van der Waals surface area contributed by atoms with Gasteiger partial charge in [0, 0.05) is 0 Å². The molecule has 0 bridgehead atoms. The summed E-state index contributed by atoms with van der Waals surface area (Å²) in [4.78, 5) is 0. The number of fused-ring (bicyclic) bond motifs is 1. The fourth-order valence-corrected chi connectivity index (χ4v) is 3.32. The fourth-order valence-electron chi connectivity index (χ4n) is 2.85. The first-order valence-corrected chi connectivity index (χ1v) is 10.3. The van der Waals surface area contributed by atoms with E-state index in [1.165, 1.54) is 61.1 Å². The van der Waals surface area contributed by atoms with Crippen LogP contribution >= 0.6 is 24.8 Å². The predicted octanol–water partition coefficient (Wildman–Crippen LogP) is 7.05. The third-order valence-electron chi connectivity index (χ3n) is 4.29.